The number of aryl methyl sites for hydroxylation is 1. The summed E-state index contributed by atoms with van der Waals surface area (Å²) in [5.41, 5.74) is 1.74. The SMILES string of the molecule is C[C@H](CO)NC(=O)c1cccc(CCCCCC(=O)N(C)C)c1. The third-order valence-electron chi connectivity index (χ3n) is 3.70. The summed E-state index contributed by atoms with van der Waals surface area (Å²) in [6, 6.07) is 7.31. The van der Waals surface area contributed by atoms with E-state index in [1.807, 2.05) is 18.2 Å². The number of aliphatic hydroxyl groups excluding tert-OH is 1. The molecule has 1 atom stereocenters. The molecule has 0 saturated carbocycles. The Morgan fingerprint density at radius 1 is 1.22 bits per heavy atom. The lowest BCUT2D eigenvalue weighted by Gasteiger charge is -2.11. The highest BCUT2D eigenvalue weighted by molar-refractivity contribution is 5.94. The standard InChI is InChI=1S/C18H28N2O3/c1-14(13-21)19-18(23)16-10-7-9-15(12-16)8-5-4-6-11-17(22)20(2)3/h7,9-10,12,14,21H,4-6,8,11,13H2,1-3H3,(H,19,23)/t14-/m1/s1. The Kier molecular flexibility index (Phi) is 8.33. The van der Waals surface area contributed by atoms with E-state index in [4.69, 9.17) is 5.11 Å². The number of carbonyl (C=O) groups is 2. The van der Waals surface area contributed by atoms with Gasteiger partial charge in [-0.05, 0) is 43.9 Å². The Balaban J connectivity index is 2.39. The number of amides is 2. The van der Waals surface area contributed by atoms with Crippen molar-refractivity contribution in [2.45, 2.75) is 45.1 Å². The van der Waals surface area contributed by atoms with Crippen LogP contribution in [0, 0.1) is 0 Å². The first kappa shape index (κ1) is 19.2. The second kappa shape index (κ2) is 10.0. The maximum Gasteiger partial charge on any atom is 0.251 e. The first-order valence-corrected chi connectivity index (χ1v) is 8.15. The first-order chi connectivity index (χ1) is 10.9. The van der Waals surface area contributed by atoms with Gasteiger partial charge >= 0.3 is 0 Å². The van der Waals surface area contributed by atoms with Crippen LogP contribution in [0.5, 0.6) is 0 Å². The van der Waals surface area contributed by atoms with Crippen LogP contribution in [0.15, 0.2) is 24.3 Å². The van der Waals surface area contributed by atoms with Crippen molar-refractivity contribution in [2.24, 2.45) is 0 Å². The van der Waals surface area contributed by atoms with Gasteiger partial charge in [-0.15, -0.1) is 0 Å². The molecule has 2 N–H and O–H groups in total. The molecule has 0 aliphatic heterocycles. The van der Waals surface area contributed by atoms with Gasteiger partial charge in [-0.2, -0.15) is 0 Å². The van der Waals surface area contributed by atoms with E-state index in [1.54, 1.807) is 32.0 Å². The normalized spacial score (nSPS) is 11.8. The number of unbranched alkanes of at least 4 members (excludes halogenated alkanes) is 2. The van der Waals surface area contributed by atoms with Crippen molar-refractivity contribution >= 4 is 11.8 Å². The number of rotatable bonds is 9. The molecule has 0 aliphatic carbocycles. The average molecular weight is 320 g/mol. The van der Waals surface area contributed by atoms with Gasteiger partial charge in [0.05, 0.1) is 6.61 Å². The summed E-state index contributed by atoms with van der Waals surface area (Å²) in [5, 5.41) is 11.7. The molecule has 0 saturated heterocycles. The number of nitrogens with zero attached hydrogens (tertiary/aromatic N) is 1. The Morgan fingerprint density at radius 3 is 2.61 bits per heavy atom. The molecule has 0 unspecified atom stereocenters. The fourth-order valence-electron chi connectivity index (χ4n) is 2.23. The van der Waals surface area contributed by atoms with E-state index in [9.17, 15) is 9.59 Å². The van der Waals surface area contributed by atoms with Gasteiger partial charge in [0.15, 0.2) is 0 Å². The number of aliphatic hydroxyl groups is 1. The van der Waals surface area contributed by atoms with Gasteiger partial charge in [-0.1, -0.05) is 18.6 Å². The number of hydrogen-bond acceptors (Lipinski definition) is 3. The molecule has 5 nitrogen and oxygen atoms in total. The van der Waals surface area contributed by atoms with Gasteiger partial charge < -0.3 is 15.3 Å². The quantitative estimate of drug-likeness (QED) is 0.684. The molecule has 5 heteroatoms. The van der Waals surface area contributed by atoms with Crippen LogP contribution in [0.3, 0.4) is 0 Å². The van der Waals surface area contributed by atoms with Crippen LogP contribution in [-0.2, 0) is 11.2 Å². The summed E-state index contributed by atoms with van der Waals surface area (Å²) in [6.45, 7) is 1.69. The van der Waals surface area contributed by atoms with E-state index in [-0.39, 0.29) is 24.5 Å². The number of carbonyl (C=O) groups excluding carboxylic acids is 2. The van der Waals surface area contributed by atoms with Crippen LogP contribution in [0.2, 0.25) is 0 Å². The molecule has 23 heavy (non-hydrogen) atoms. The summed E-state index contributed by atoms with van der Waals surface area (Å²) >= 11 is 0. The van der Waals surface area contributed by atoms with Crippen LogP contribution < -0.4 is 5.32 Å². The number of nitrogens with one attached hydrogen (secondary N) is 1. The van der Waals surface area contributed by atoms with Gasteiger partial charge in [-0.3, -0.25) is 9.59 Å². The third kappa shape index (κ3) is 7.28. The highest BCUT2D eigenvalue weighted by Gasteiger charge is 2.09. The van der Waals surface area contributed by atoms with Crippen LogP contribution in [-0.4, -0.2) is 48.6 Å². The zero-order valence-electron chi connectivity index (χ0n) is 14.3. The molecule has 1 aromatic carbocycles. The Labute approximate surface area is 138 Å². The van der Waals surface area contributed by atoms with E-state index in [0.717, 1.165) is 31.2 Å². The van der Waals surface area contributed by atoms with Crippen molar-refractivity contribution in [2.75, 3.05) is 20.7 Å². The zero-order chi connectivity index (χ0) is 17.2. The van der Waals surface area contributed by atoms with E-state index >= 15 is 0 Å². The molecule has 0 aliphatic rings. The average Bonchev–Trinajstić information content (AvgIpc) is 2.54. The van der Waals surface area contributed by atoms with Gasteiger partial charge in [-0.25, -0.2) is 0 Å². The molecule has 0 bridgehead atoms. The molecule has 0 radical (unpaired) electrons. The smallest absolute Gasteiger partial charge is 0.251 e. The van der Waals surface area contributed by atoms with Crippen LogP contribution in [0.25, 0.3) is 0 Å². The molecule has 1 aromatic rings. The second-order valence-electron chi connectivity index (χ2n) is 6.11. The largest absolute Gasteiger partial charge is 0.394 e. The maximum absolute atomic E-state index is 12.0. The summed E-state index contributed by atoms with van der Waals surface area (Å²) in [6.07, 6.45) is 4.38. The lowest BCUT2D eigenvalue weighted by Crippen LogP contribution is -2.34. The zero-order valence-corrected chi connectivity index (χ0v) is 14.3. The van der Waals surface area contributed by atoms with Crippen molar-refractivity contribution in [3.8, 4) is 0 Å². The van der Waals surface area contributed by atoms with Gasteiger partial charge in [0.2, 0.25) is 5.91 Å². The van der Waals surface area contributed by atoms with Crippen molar-refractivity contribution in [1.82, 2.24) is 10.2 Å². The molecule has 0 fully saturated rings. The predicted octanol–water partition coefficient (Wildman–Crippen LogP) is 1.99. The summed E-state index contributed by atoms with van der Waals surface area (Å²) < 4.78 is 0. The minimum Gasteiger partial charge on any atom is -0.394 e. The lowest BCUT2D eigenvalue weighted by molar-refractivity contribution is -0.128. The molecule has 0 aromatic heterocycles. The molecule has 0 heterocycles. The Hall–Kier alpha value is -1.88. The van der Waals surface area contributed by atoms with E-state index in [2.05, 4.69) is 5.32 Å². The van der Waals surface area contributed by atoms with E-state index < -0.39 is 0 Å². The molecule has 1 rings (SSSR count). The second-order valence-corrected chi connectivity index (χ2v) is 6.11. The van der Waals surface area contributed by atoms with Gasteiger partial charge in [0.1, 0.15) is 0 Å². The third-order valence-corrected chi connectivity index (χ3v) is 3.70. The molecule has 0 spiro atoms. The number of benzene rings is 1. The maximum atomic E-state index is 12.0. The van der Waals surface area contributed by atoms with E-state index in [1.165, 1.54) is 0 Å². The number of hydrogen-bond donors (Lipinski definition) is 2. The van der Waals surface area contributed by atoms with Gasteiger partial charge in [0.25, 0.3) is 5.91 Å². The summed E-state index contributed by atoms with van der Waals surface area (Å²) in [7, 11) is 3.55. The van der Waals surface area contributed by atoms with Crippen LogP contribution in [0.1, 0.15) is 48.5 Å². The molecule has 128 valence electrons. The summed E-state index contributed by atoms with van der Waals surface area (Å²) in [4.78, 5) is 25.1. The van der Waals surface area contributed by atoms with Crippen molar-refractivity contribution in [1.29, 1.82) is 0 Å². The highest BCUT2D eigenvalue weighted by Crippen LogP contribution is 2.11. The van der Waals surface area contributed by atoms with E-state index in [0.29, 0.717) is 12.0 Å². The fourth-order valence-corrected chi connectivity index (χ4v) is 2.23. The first-order valence-electron chi connectivity index (χ1n) is 8.15. The predicted molar refractivity (Wildman–Crippen MR) is 91.3 cm³/mol. The fraction of sp³-hybridized carbons (Fsp3) is 0.556. The summed E-state index contributed by atoms with van der Waals surface area (Å²) in [5.74, 6) is 0.00616. The van der Waals surface area contributed by atoms with Crippen molar-refractivity contribution < 1.29 is 14.7 Å². The Morgan fingerprint density at radius 2 is 1.96 bits per heavy atom. The topological polar surface area (TPSA) is 69.6 Å². The molecular formula is C18H28N2O3. The minimum atomic E-state index is -0.250. The van der Waals surface area contributed by atoms with Crippen molar-refractivity contribution in [3.05, 3.63) is 35.4 Å². The van der Waals surface area contributed by atoms with Crippen LogP contribution in [0.4, 0.5) is 0 Å². The minimum absolute atomic E-state index is 0.0723. The van der Waals surface area contributed by atoms with Gasteiger partial charge in [0, 0.05) is 32.1 Å². The lowest BCUT2D eigenvalue weighted by atomic mass is 10.0. The molecule has 2 amide bonds. The highest BCUT2D eigenvalue weighted by atomic mass is 16.3. The Bertz CT molecular complexity index is 515. The van der Waals surface area contributed by atoms with Crippen molar-refractivity contribution in [3.63, 3.8) is 0 Å². The monoisotopic (exact) mass is 320 g/mol. The molecular weight excluding hydrogens is 292 g/mol. The van der Waals surface area contributed by atoms with Crippen LogP contribution >= 0.6 is 0 Å².